The van der Waals surface area contributed by atoms with Crippen LogP contribution in [0.15, 0.2) is 102 Å². The Kier molecular flexibility index (Phi) is 4.54. The van der Waals surface area contributed by atoms with Gasteiger partial charge in [-0.25, -0.2) is 9.89 Å². The number of hydrogen-bond acceptors (Lipinski definition) is 3. The monoisotopic (exact) mass is 353 g/mol. The number of nitrogens with zero attached hydrogens (tertiary/aromatic N) is 3. The Morgan fingerprint density at radius 1 is 0.815 bits per heavy atom. The predicted octanol–water partition coefficient (Wildman–Crippen LogP) is 4.57. The Bertz CT molecular complexity index is 996. The third kappa shape index (κ3) is 3.37. The first-order valence-corrected chi connectivity index (χ1v) is 8.78. The summed E-state index contributed by atoms with van der Waals surface area (Å²) >= 11 is 0. The molecule has 0 saturated heterocycles. The molecule has 1 heterocycles. The van der Waals surface area contributed by atoms with Gasteiger partial charge < -0.3 is 4.90 Å². The minimum Gasteiger partial charge on any atom is -0.315 e. The number of carbonyl (C=O) groups is 1. The molecule has 0 aliphatic carbocycles. The van der Waals surface area contributed by atoms with Crippen LogP contribution in [0.25, 0.3) is 6.08 Å². The van der Waals surface area contributed by atoms with E-state index in [9.17, 15) is 4.79 Å². The Balaban J connectivity index is 1.79. The second kappa shape index (κ2) is 7.30. The molecule has 1 aliphatic heterocycles. The summed E-state index contributed by atoms with van der Waals surface area (Å²) in [6.45, 7) is 0. The van der Waals surface area contributed by atoms with Gasteiger partial charge in [0.05, 0.1) is 5.69 Å². The zero-order valence-corrected chi connectivity index (χ0v) is 15.0. The van der Waals surface area contributed by atoms with Crippen LogP contribution in [0.3, 0.4) is 0 Å². The number of guanidine groups is 1. The SMILES string of the molecule is CN(C1=NC(=Cc2ccccc2)C(=O)N1c1ccccc1)c1ccccc1. The maximum absolute atomic E-state index is 13.2. The molecule has 1 amide bonds. The fourth-order valence-electron chi connectivity index (χ4n) is 3.01. The molecule has 0 fully saturated rings. The van der Waals surface area contributed by atoms with Gasteiger partial charge in [-0.15, -0.1) is 0 Å². The summed E-state index contributed by atoms with van der Waals surface area (Å²) < 4.78 is 0. The molecular weight excluding hydrogens is 334 g/mol. The molecule has 27 heavy (non-hydrogen) atoms. The Hall–Kier alpha value is -3.66. The van der Waals surface area contributed by atoms with Gasteiger partial charge >= 0.3 is 0 Å². The second-order valence-electron chi connectivity index (χ2n) is 6.22. The van der Waals surface area contributed by atoms with Crippen LogP contribution in [0.1, 0.15) is 5.56 Å². The third-order valence-electron chi connectivity index (χ3n) is 4.40. The molecule has 4 heteroatoms. The number of benzene rings is 3. The van der Waals surface area contributed by atoms with E-state index in [-0.39, 0.29) is 5.91 Å². The first-order chi connectivity index (χ1) is 13.2. The van der Waals surface area contributed by atoms with Crippen LogP contribution in [0, 0.1) is 0 Å². The van der Waals surface area contributed by atoms with Crippen LogP contribution in [0.2, 0.25) is 0 Å². The summed E-state index contributed by atoms with van der Waals surface area (Å²) in [6.07, 6.45) is 1.82. The lowest BCUT2D eigenvalue weighted by atomic mass is 10.2. The smallest absolute Gasteiger partial charge is 0.283 e. The van der Waals surface area contributed by atoms with Gasteiger partial charge in [0.1, 0.15) is 5.70 Å². The molecule has 0 N–H and O–H groups in total. The highest BCUT2D eigenvalue weighted by atomic mass is 16.2. The molecule has 0 unspecified atom stereocenters. The van der Waals surface area contributed by atoms with Gasteiger partial charge in [0.2, 0.25) is 5.96 Å². The molecule has 0 spiro atoms. The highest BCUT2D eigenvalue weighted by Gasteiger charge is 2.34. The van der Waals surface area contributed by atoms with Crippen molar-refractivity contribution in [2.45, 2.75) is 0 Å². The van der Waals surface area contributed by atoms with Crippen molar-refractivity contribution >= 4 is 29.3 Å². The van der Waals surface area contributed by atoms with Crippen LogP contribution >= 0.6 is 0 Å². The molecule has 3 aromatic carbocycles. The Labute approximate surface area is 158 Å². The van der Waals surface area contributed by atoms with E-state index in [1.54, 1.807) is 4.90 Å². The van der Waals surface area contributed by atoms with Crippen LogP contribution < -0.4 is 9.80 Å². The predicted molar refractivity (Wildman–Crippen MR) is 111 cm³/mol. The number of carbonyl (C=O) groups excluding carboxylic acids is 1. The fraction of sp³-hybridized carbons (Fsp3) is 0.0435. The van der Waals surface area contributed by atoms with E-state index >= 15 is 0 Å². The zero-order valence-electron chi connectivity index (χ0n) is 15.0. The average molecular weight is 353 g/mol. The molecule has 0 aromatic heterocycles. The van der Waals surface area contributed by atoms with Gasteiger partial charge in [-0.3, -0.25) is 4.79 Å². The largest absolute Gasteiger partial charge is 0.315 e. The fourth-order valence-corrected chi connectivity index (χ4v) is 3.01. The molecule has 3 aromatic rings. The first kappa shape index (κ1) is 16.8. The molecule has 0 saturated carbocycles. The Morgan fingerprint density at radius 2 is 1.37 bits per heavy atom. The third-order valence-corrected chi connectivity index (χ3v) is 4.40. The maximum Gasteiger partial charge on any atom is 0.283 e. The van der Waals surface area contributed by atoms with E-state index in [0.717, 1.165) is 16.9 Å². The average Bonchev–Trinajstić information content (AvgIpc) is 3.05. The molecule has 0 bridgehead atoms. The topological polar surface area (TPSA) is 35.9 Å². The summed E-state index contributed by atoms with van der Waals surface area (Å²) in [5.41, 5.74) is 3.12. The summed E-state index contributed by atoms with van der Waals surface area (Å²) in [7, 11) is 1.92. The number of para-hydroxylation sites is 2. The summed E-state index contributed by atoms with van der Waals surface area (Å²) in [4.78, 5) is 21.4. The van der Waals surface area contributed by atoms with Crippen molar-refractivity contribution in [3.63, 3.8) is 0 Å². The Morgan fingerprint density at radius 3 is 2.00 bits per heavy atom. The van der Waals surface area contributed by atoms with E-state index in [1.165, 1.54) is 0 Å². The number of aliphatic imine (C=N–C) groups is 1. The van der Waals surface area contributed by atoms with Crippen LogP contribution in [-0.4, -0.2) is 18.9 Å². The highest BCUT2D eigenvalue weighted by Crippen LogP contribution is 2.27. The van der Waals surface area contributed by atoms with Crippen LogP contribution in [-0.2, 0) is 4.79 Å². The quantitative estimate of drug-likeness (QED) is 0.647. The van der Waals surface area contributed by atoms with Crippen molar-refractivity contribution in [3.8, 4) is 0 Å². The standard InChI is InChI=1S/C23H19N3O/c1-25(19-13-7-3-8-14-19)23-24-21(17-18-11-5-2-6-12-18)22(27)26(23)20-15-9-4-10-16-20/h2-17H,1H3. The number of hydrogen-bond donors (Lipinski definition) is 0. The summed E-state index contributed by atoms with van der Waals surface area (Å²) in [6, 6.07) is 29.3. The minimum absolute atomic E-state index is 0.136. The molecule has 4 nitrogen and oxygen atoms in total. The van der Waals surface area contributed by atoms with Crippen molar-refractivity contribution in [2.24, 2.45) is 4.99 Å². The normalized spacial score (nSPS) is 15.1. The lowest BCUT2D eigenvalue weighted by Gasteiger charge is -2.26. The van der Waals surface area contributed by atoms with Crippen molar-refractivity contribution in [1.82, 2.24) is 0 Å². The molecule has 1 aliphatic rings. The van der Waals surface area contributed by atoms with Gasteiger partial charge in [-0.2, -0.15) is 0 Å². The van der Waals surface area contributed by atoms with Crippen LogP contribution in [0.5, 0.6) is 0 Å². The van der Waals surface area contributed by atoms with E-state index in [1.807, 2.05) is 109 Å². The van der Waals surface area contributed by atoms with E-state index in [4.69, 9.17) is 0 Å². The van der Waals surface area contributed by atoms with Crippen LogP contribution in [0.4, 0.5) is 11.4 Å². The number of anilines is 2. The van der Waals surface area contributed by atoms with E-state index in [2.05, 4.69) is 4.99 Å². The lowest BCUT2D eigenvalue weighted by molar-refractivity contribution is -0.113. The second-order valence-corrected chi connectivity index (χ2v) is 6.22. The summed E-state index contributed by atoms with van der Waals surface area (Å²) in [5, 5.41) is 0. The summed E-state index contributed by atoms with van der Waals surface area (Å²) in [5.74, 6) is 0.447. The van der Waals surface area contributed by atoms with Crippen molar-refractivity contribution in [1.29, 1.82) is 0 Å². The van der Waals surface area contributed by atoms with E-state index in [0.29, 0.717) is 11.7 Å². The molecular formula is C23H19N3O. The van der Waals surface area contributed by atoms with Gasteiger partial charge in [0, 0.05) is 12.7 Å². The highest BCUT2D eigenvalue weighted by molar-refractivity contribution is 6.31. The zero-order chi connectivity index (χ0) is 18.6. The molecule has 0 atom stereocenters. The van der Waals surface area contributed by atoms with Gasteiger partial charge in [-0.1, -0.05) is 66.7 Å². The minimum atomic E-state index is -0.136. The van der Waals surface area contributed by atoms with Gasteiger partial charge in [-0.05, 0) is 35.9 Å². The number of rotatable bonds is 3. The molecule has 0 radical (unpaired) electrons. The first-order valence-electron chi connectivity index (χ1n) is 8.78. The van der Waals surface area contributed by atoms with E-state index < -0.39 is 0 Å². The van der Waals surface area contributed by atoms with Crippen molar-refractivity contribution < 1.29 is 4.79 Å². The number of amides is 1. The van der Waals surface area contributed by atoms with Crippen molar-refractivity contribution in [2.75, 3.05) is 16.8 Å². The van der Waals surface area contributed by atoms with Crippen molar-refractivity contribution in [3.05, 3.63) is 102 Å². The molecule has 132 valence electrons. The lowest BCUT2D eigenvalue weighted by Crippen LogP contribution is -2.42. The van der Waals surface area contributed by atoms with Gasteiger partial charge in [0.25, 0.3) is 5.91 Å². The maximum atomic E-state index is 13.2. The van der Waals surface area contributed by atoms with Gasteiger partial charge in [0.15, 0.2) is 0 Å². The molecule has 4 rings (SSSR count).